The second-order valence-corrected chi connectivity index (χ2v) is 4.87. The average molecular weight is 273 g/mol. The van der Waals surface area contributed by atoms with Gasteiger partial charge in [0, 0.05) is 24.2 Å². The first kappa shape index (κ1) is 12.6. The maximum atomic E-state index is 13.8. The number of carboxylic acid groups (broad SMARTS) is 1. The maximum Gasteiger partial charge on any atom is 0.337 e. The summed E-state index contributed by atoms with van der Waals surface area (Å²) in [6.45, 7) is 0.316. The molecule has 2 heterocycles. The number of aromatic carboxylic acids is 1. The lowest BCUT2D eigenvalue weighted by Crippen LogP contribution is -2.21. The number of carbonyl (C=O) groups is 1. The number of nitrogens with zero attached hydrogens (tertiary/aromatic N) is 1. The molecule has 3 rings (SSSR count). The van der Waals surface area contributed by atoms with Gasteiger partial charge in [-0.3, -0.25) is 4.79 Å². The molecular weight excluding hydrogens is 261 g/mol. The quantitative estimate of drug-likeness (QED) is 0.910. The first-order valence-corrected chi connectivity index (χ1v) is 6.28. The van der Waals surface area contributed by atoms with Crippen LogP contribution in [0.25, 0.3) is 0 Å². The van der Waals surface area contributed by atoms with E-state index in [0.29, 0.717) is 24.2 Å². The van der Waals surface area contributed by atoms with Gasteiger partial charge < -0.3 is 9.67 Å². The molecule has 0 amide bonds. The van der Waals surface area contributed by atoms with Crippen molar-refractivity contribution >= 4 is 5.97 Å². The monoisotopic (exact) mass is 273 g/mol. The van der Waals surface area contributed by atoms with Crippen molar-refractivity contribution in [2.45, 2.75) is 18.9 Å². The van der Waals surface area contributed by atoms with Crippen molar-refractivity contribution in [3.05, 3.63) is 69.4 Å². The smallest absolute Gasteiger partial charge is 0.337 e. The molecule has 0 spiro atoms. The molecule has 4 nitrogen and oxygen atoms in total. The van der Waals surface area contributed by atoms with Crippen LogP contribution in [0.5, 0.6) is 0 Å². The van der Waals surface area contributed by atoms with Crippen molar-refractivity contribution in [2.24, 2.45) is 0 Å². The van der Waals surface area contributed by atoms with Gasteiger partial charge >= 0.3 is 5.97 Å². The van der Waals surface area contributed by atoms with Crippen LogP contribution >= 0.6 is 0 Å². The van der Waals surface area contributed by atoms with Crippen molar-refractivity contribution in [1.82, 2.24) is 4.57 Å². The minimum Gasteiger partial charge on any atom is -0.478 e. The Balaban J connectivity index is 2.07. The summed E-state index contributed by atoms with van der Waals surface area (Å²) in [6, 6.07) is 8.96. The number of aromatic nitrogens is 1. The van der Waals surface area contributed by atoms with Gasteiger partial charge in [0.15, 0.2) is 0 Å². The van der Waals surface area contributed by atoms with Crippen LogP contribution in [0.3, 0.4) is 0 Å². The minimum atomic E-state index is -1.07. The summed E-state index contributed by atoms with van der Waals surface area (Å²) in [5, 5.41) is 9.16. The number of fused-ring (bicyclic) bond motifs is 1. The third kappa shape index (κ3) is 1.91. The van der Waals surface area contributed by atoms with Gasteiger partial charge in [-0.15, -0.1) is 0 Å². The molecule has 1 aliphatic rings. The van der Waals surface area contributed by atoms with Crippen LogP contribution in [0.4, 0.5) is 4.39 Å². The van der Waals surface area contributed by atoms with E-state index in [0.717, 1.165) is 0 Å². The Morgan fingerprint density at radius 3 is 2.70 bits per heavy atom. The summed E-state index contributed by atoms with van der Waals surface area (Å²) < 4.78 is 15.3. The topological polar surface area (TPSA) is 59.3 Å². The molecule has 1 N–H and O–H groups in total. The Labute approximate surface area is 114 Å². The van der Waals surface area contributed by atoms with Crippen LogP contribution in [-0.2, 0) is 13.0 Å². The first-order valence-electron chi connectivity index (χ1n) is 6.28. The Bertz CT molecular complexity index is 751. The normalized spacial score (nSPS) is 16.9. The van der Waals surface area contributed by atoms with Crippen molar-refractivity contribution in [3.8, 4) is 0 Å². The minimum absolute atomic E-state index is 0.114. The zero-order valence-electron chi connectivity index (χ0n) is 10.5. The lowest BCUT2D eigenvalue weighted by atomic mass is 9.95. The molecule has 0 bridgehead atoms. The maximum absolute atomic E-state index is 13.8. The van der Waals surface area contributed by atoms with Gasteiger partial charge in [-0.2, -0.15) is 0 Å². The van der Waals surface area contributed by atoms with Gasteiger partial charge in [0.25, 0.3) is 5.56 Å². The number of benzene rings is 1. The van der Waals surface area contributed by atoms with E-state index >= 15 is 0 Å². The summed E-state index contributed by atoms with van der Waals surface area (Å²) in [6.07, 6.45) is 0.360. The summed E-state index contributed by atoms with van der Waals surface area (Å²) >= 11 is 0. The number of rotatable bonds is 2. The lowest BCUT2D eigenvalue weighted by molar-refractivity contribution is 0.0695. The third-order valence-electron chi connectivity index (χ3n) is 3.71. The number of carboxylic acids is 1. The molecule has 0 saturated carbocycles. The molecule has 20 heavy (non-hydrogen) atoms. The highest BCUT2D eigenvalue weighted by Gasteiger charge is 2.29. The molecule has 5 heteroatoms. The van der Waals surface area contributed by atoms with Crippen LogP contribution in [0.15, 0.2) is 41.2 Å². The third-order valence-corrected chi connectivity index (χ3v) is 3.71. The molecule has 0 saturated heterocycles. The van der Waals surface area contributed by atoms with Gasteiger partial charge in [-0.25, -0.2) is 9.18 Å². The average Bonchev–Trinajstić information content (AvgIpc) is 2.84. The SMILES string of the molecule is O=C(O)c1ccc(=O)n2c1CC(c1ccccc1F)C2. The molecule has 0 radical (unpaired) electrons. The van der Waals surface area contributed by atoms with Crippen molar-refractivity contribution in [1.29, 1.82) is 0 Å². The first-order chi connectivity index (χ1) is 9.58. The fraction of sp³-hybridized carbons (Fsp3) is 0.200. The number of pyridine rings is 1. The van der Waals surface area contributed by atoms with Crippen LogP contribution in [0, 0.1) is 5.82 Å². The van der Waals surface area contributed by atoms with Crippen molar-refractivity contribution < 1.29 is 14.3 Å². The standard InChI is InChI=1S/C15H12FNO3/c16-12-4-2-1-3-10(12)9-7-13-11(15(19)20)5-6-14(18)17(13)8-9/h1-6,9H,7-8H2,(H,19,20). The molecule has 1 unspecified atom stereocenters. The van der Waals surface area contributed by atoms with E-state index in [-0.39, 0.29) is 22.9 Å². The Hall–Kier alpha value is -2.43. The highest BCUT2D eigenvalue weighted by molar-refractivity contribution is 5.89. The second kappa shape index (κ2) is 4.59. The molecule has 1 atom stereocenters. The lowest BCUT2D eigenvalue weighted by Gasteiger charge is -2.09. The summed E-state index contributed by atoms with van der Waals surface area (Å²) in [4.78, 5) is 23.0. The Morgan fingerprint density at radius 1 is 1.25 bits per heavy atom. The summed E-state index contributed by atoms with van der Waals surface area (Å²) in [7, 11) is 0. The molecule has 0 aliphatic carbocycles. The molecule has 1 aromatic heterocycles. The largest absolute Gasteiger partial charge is 0.478 e. The van der Waals surface area contributed by atoms with Crippen molar-refractivity contribution in [2.75, 3.05) is 0 Å². The van der Waals surface area contributed by atoms with Crippen molar-refractivity contribution in [3.63, 3.8) is 0 Å². The van der Waals surface area contributed by atoms with E-state index in [2.05, 4.69) is 0 Å². The van der Waals surface area contributed by atoms with Crippen LogP contribution in [0.2, 0.25) is 0 Å². The second-order valence-electron chi connectivity index (χ2n) is 4.87. The van der Waals surface area contributed by atoms with Crippen LogP contribution < -0.4 is 5.56 Å². The van der Waals surface area contributed by atoms with E-state index in [1.165, 1.54) is 22.8 Å². The number of hydrogen-bond acceptors (Lipinski definition) is 2. The fourth-order valence-electron chi connectivity index (χ4n) is 2.77. The zero-order chi connectivity index (χ0) is 14.3. The predicted molar refractivity (Wildman–Crippen MR) is 70.5 cm³/mol. The van der Waals surface area contributed by atoms with Gasteiger partial charge in [0.1, 0.15) is 5.82 Å². The number of halogens is 1. The van der Waals surface area contributed by atoms with Crippen LogP contribution in [-0.4, -0.2) is 15.6 Å². The van der Waals surface area contributed by atoms with E-state index in [1.54, 1.807) is 18.2 Å². The molecule has 1 aliphatic heterocycles. The highest BCUT2D eigenvalue weighted by atomic mass is 19.1. The van der Waals surface area contributed by atoms with E-state index in [1.807, 2.05) is 0 Å². The molecule has 0 fully saturated rings. The Kier molecular flexibility index (Phi) is 2.89. The van der Waals surface area contributed by atoms with E-state index in [4.69, 9.17) is 5.11 Å². The highest BCUT2D eigenvalue weighted by Crippen LogP contribution is 2.31. The molecular formula is C15H12FNO3. The Morgan fingerprint density at radius 2 is 2.00 bits per heavy atom. The molecule has 2 aromatic rings. The predicted octanol–water partition coefficient (Wildman–Crippen LogP) is 2.03. The number of hydrogen-bond donors (Lipinski definition) is 1. The van der Waals surface area contributed by atoms with Gasteiger partial charge in [0.2, 0.25) is 0 Å². The molecule has 1 aromatic carbocycles. The molecule has 102 valence electrons. The summed E-state index contributed by atoms with van der Waals surface area (Å²) in [5.41, 5.74) is 0.859. The summed E-state index contributed by atoms with van der Waals surface area (Å²) in [5.74, 6) is -1.59. The van der Waals surface area contributed by atoms with Gasteiger partial charge in [0.05, 0.1) is 5.56 Å². The zero-order valence-corrected chi connectivity index (χ0v) is 10.5. The van der Waals surface area contributed by atoms with E-state index < -0.39 is 5.97 Å². The fourth-order valence-corrected chi connectivity index (χ4v) is 2.77. The van der Waals surface area contributed by atoms with Crippen LogP contribution in [0.1, 0.15) is 27.5 Å². The van der Waals surface area contributed by atoms with Gasteiger partial charge in [-0.05, 0) is 24.1 Å². The van der Waals surface area contributed by atoms with Gasteiger partial charge in [-0.1, -0.05) is 18.2 Å². The van der Waals surface area contributed by atoms with E-state index in [9.17, 15) is 14.0 Å².